The first-order valence-electron chi connectivity index (χ1n) is 16.2. The minimum absolute atomic E-state index is 0.0103. The molecule has 4 rings (SSSR count). The predicted molar refractivity (Wildman–Crippen MR) is 185 cm³/mol. The largest absolute Gasteiger partial charge is 0.414 e. The highest BCUT2D eigenvalue weighted by molar-refractivity contribution is 7.84. The molecule has 0 saturated heterocycles. The normalized spacial score (nSPS) is 17.3. The van der Waals surface area contributed by atoms with Gasteiger partial charge < -0.3 is 18.8 Å². The number of imide groups is 1. The Hall–Kier alpha value is -2.95. The van der Waals surface area contributed by atoms with E-state index in [-0.39, 0.29) is 19.2 Å². The third-order valence-electron chi connectivity index (χ3n) is 8.28. The first kappa shape index (κ1) is 38.8. The lowest BCUT2D eigenvalue weighted by molar-refractivity contribution is -0.227. The van der Waals surface area contributed by atoms with Gasteiger partial charge in [0.05, 0.1) is 56.6 Å². The zero-order valence-electron chi connectivity index (χ0n) is 29.5. The number of hydrogen-bond donors (Lipinski definition) is 1. The fourth-order valence-corrected chi connectivity index (χ4v) is 7.01. The topological polar surface area (TPSA) is 112 Å². The number of aromatic nitrogens is 2. The second kappa shape index (κ2) is 15.1. The van der Waals surface area contributed by atoms with Gasteiger partial charge in [0.15, 0.2) is 6.10 Å². The SMILES string of the molecule is COC[C@H](c1ccc2nc([C@@H](NS(=O)C(C)(C)C)[C@@H](C)O[C@@H](C)C(F)(F)F)n(COCC[Si](C)(C)C)c2c1)N1C(=O)c2ccccc2C1=O. The number of halogens is 3. The first-order valence-corrected chi connectivity index (χ1v) is 21.0. The third-order valence-corrected chi connectivity index (χ3v) is 11.6. The minimum atomic E-state index is -4.61. The molecule has 5 atom stereocenters. The van der Waals surface area contributed by atoms with Gasteiger partial charge in [0.1, 0.15) is 18.6 Å². The second-order valence-electron chi connectivity index (χ2n) is 14.5. The summed E-state index contributed by atoms with van der Waals surface area (Å²) in [7, 11) is -1.70. The van der Waals surface area contributed by atoms with Crippen molar-refractivity contribution in [2.45, 2.75) is 102 Å². The number of amides is 2. The molecule has 1 unspecified atom stereocenters. The molecule has 1 aliphatic heterocycles. The van der Waals surface area contributed by atoms with Crippen LogP contribution in [-0.4, -0.2) is 82.0 Å². The summed E-state index contributed by atoms with van der Waals surface area (Å²) in [6.45, 7) is 14.8. The van der Waals surface area contributed by atoms with Crippen LogP contribution in [0.15, 0.2) is 42.5 Å². The maximum absolute atomic E-state index is 13.6. The molecule has 15 heteroatoms. The molecule has 49 heavy (non-hydrogen) atoms. The van der Waals surface area contributed by atoms with Gasteiger partial charge in [-0.2, -0.15) is 13.2 Å². The lowest BCUT2D eigenvalue weighted by Crippen LogP contribution is -2.43. The van der Waals surface area contributed by atoms with Crippen LogP contribution in [0, 0.1) is 0 Å². The van der Waals surface area contributed by atoms with Gasteiger partial charge in [-0.15, -0.1) is 0 Å². The lowest BCUT2D eigenvalue weighted by atomic mass is 10.0. The molecule has 0 aliphatic carbocycles. The number of imidazole rings is 1. The number of alkyl halides is 3. The van der Waals surface area contributed by atoms with Gasteiger partial charge >= 0.3 is 6.18 Å². The fraction of sp³-hybridized carbons (Fsp3) is 0.559. The van der Waals surface area contributed by atoms with E-state index in [1.807, 2.05) is 0 Å². The van der Waals surface area contributed by atoms with Crippen LogP contribution in [-0.2, 0) is 31.9 Å². The molecule has 0 spiro atoms. The van der Waals surface area contributed by atoms with Crippen LogP contribution in [0.1, 0.15) is 78.8 Å². The fourth-order valence-electron chi connectivity index (χ4n) is 5.37. The molecular weight excluding hydrogens is 678 g/mol. The molecule has 3 aromatic rings. The van der Waals surface area contributed by atoms with E-state index in [4.69, 9.17) is 19.2 Å². The molecule has 0 saturated carbocycles. The summed E-state index contributed by atoms with van der Waals surface area (Å²) in [5, 5.41) is 0. The number of carbonyl (C=O) groups excluding carboxylic acids is 2. The van der Waals surface area contributed by atoms with E-state index in [1.54, 1.807) is 67.8 Å². The molecule has 2 amide bonds. The summed E-state index contributed by atoms with van der Waals surface area (Å²) in [5.41, 5.74) is 2.22. The zero-order chi connectivity index (χ0) is 36.5. The lowest BCUT2D eigenvalue weighted by Gasteiger charge is -2.31. The van der Waals surface area contributed by atoms with Gasteiger partial charge in [0.25, 0.3) is 11.8 Å². The van der Waals surface area contributed by atoms with E-state index in [2.05, 4.69) is 24.4 Å². The van der Waals surface area contributed by atoms with E-state index in [0.717, 1.165) is 13.0 Å². The number of hydrogen-bond acceptors (Lipinski definition) is 7. The van der Waals surface area contributed by atoms with Crippen molar-refractivity contribution < 1.29 is 41.2 Å². The highest BCUT2D eigenvalue weighted by Gasteiger charge is 2.42. The summed E-state index contributed by atoms with van der Waals surface area (Å²) in [6.07, 6.45) is -7.83. The van der Waals surface area contributed by atoms with Gasteiger partial charge in [-0.1, -0.05) is 37.8 Å². The number of ether oxygens (including phenoxy) is 3. The molecule has 0 radical (unpaired) electrons. The summed E-state index contributed by atoms with van der Waals surface area (Å²) < 4.78 is 75.4. The van der Waals surface area contributed by atoms with Gasteiger partial charge in [0.2, 0.25) is 0 Å². The zero-order valence-corrected chi connectivity index (χ0v) is 31.3. The van der Waals surface area contributed by atoms with Crippen LogP contribution in [0.4, 0.5) is 13.2 Å². The summed E-state index contributed by atoms with van der Waals surface area (Å²) in [5.74, 6) is -0.612. The van der Waals surface area contributed by atoms with E-state index >= 15 is 0 Å². The monoisotopic (exact) mass is 724 g/mol. The van der Waals surface area contributed by atoms with Crippen molar-refractivity contribution in [3.8, 4) is 0 Å². The first-order chi connectivity index (χ1) is 22.7. The molecule has 2 aromatic carbocycles. The van der Waals surface area contributed by atoms with Crippen LogP contribution in [0.2, 0.25) is 25.7 Å². The molecule has 10 nitrogen and oxygen atoms in total. The minimum Gasteiger partial charge on any atom is -0.382 e. The second-order valence-corrected chi connectivity index (χ2v) is 22.1. The van der Waals surface area contributed by atoms with Crippen LogP contribution in [0.3, 0.4) is 0 Å². The highest BCUT2D eigenvalue weighted by Crippen LogP contribution is 2.35. The van der Waals surface area contributed by atoms with Crippen molar-refractivity contribution >= 4 is 41.9 Å². The smallest absolute Gasteiger partial charge is 0.382 e. The molecule has 2 heterocycles. The van der Waals surface area contributed by atoms with Crippen LogP contribution >= 0.6 is 0 Å². The number of methoxy groups -OCH3 is 1. The maximum Gasteiger partial charge on any atom is 0.414 e. The number of nitrogens with one attached hydrogen (secondary N) is 1. The quantitative estimate of drug-likeness (QED) is 0.105. The van der Waals surface area contributed by atoms with Gasteiger partial charge in [-0.3, -0.25) is 14.5 Å². The number of fused-ring (bicyclic) bond motifs is 2. The Labute approximate surface area is 289 Å². The summed E-state index contributed by atoms with van der Waals surface area (Å²) in [4.78, 5) is 33.0. The Morgan fingerprint density at radius 3 is 2.14 bits per heavy atom. The molecule has 1 aliphatic rings. The maximum atomic E-state index is 13.6. The van der Waals surface area contributed by atoms with Crippen molar-refractivity contribution in [2.75, 3.05) is 20.3 Å². The average molecular weight is 725 g/mol. The van der Waals surface area contributed by atoms with Crippen molar-refractivity contribution in [1.82, 2.24) is 19.2 Å². The average Bonchev–Trinajstić information content (AvgIpc) is 3.48. The Kier molecular flexibility index (Phi) is 12.0. The van der Waals surface area contributed by atoms with Gasteiger partial charge in [0, 0.05) is 21.8 Å². The Morgan fingerprint density at radius 2 is 1.61 bits per heavy atom. The van der Waals surface area contributed by atoms with Crippen LogP contribution < -0.4 is 4.72 Å². The Bertz CT molecular complexity index is 1650. The van der Waals surface area contributed by atoms with Gasteiger partial charge in [-0.05, 0) is 70.5 Å². The summed E-state index contributed by atoms with van der Waals surface area (Å²) in [6, 6.07) is 10.9. The summed E-state index contributed by atoms with van der Waals surface area (Å²) >= 11 is 0. The van der Waals surface area contributed by atoms with Crippen LogP contribution in [0.5, 0.6) is 0 Å². The van der Waals surface area contributed by atoms with Crippen molar-refractivity contribution in [1.29, 1.82) is 0 Å². The van der Waals surface area contributed by atoms with Crippen molar-refractivity contribution in [2.24, 2.45) is 0 Å². The predicted octanol–water partition coefficient (Wildman–Crippen LogP) is 6.78. The van der Waals surface area contributed by atoms with Crippen molar-refractivity contribution in [3.05, 3.63) is 65.0 Å². The van der Waals surface area contributed by atoms with Crippen LogP contribution in [0.25, 0.3) is 11.0 Å². The number of nitrogens with zero attached hydrogens (tertiary/aromatic N) is 3. The Morgan fingerprint density at radius 1 is 1.00 bits per heavy atom. The van der Waals surface area contributed by atoms with E-state index in [0.29, 0.717) is 34.3 Å². The molecule has 0 fully saturated rings. The van der Waals surface area contributed by atoms with E-state index in [9.17, 15) is 27.0 Å². The number of carbonyl (C=O) groups is 2. The molecule has 1 N–H and O–H groups in total. The number of rotatable bonds is 15. The molecule has 270 valence electrons. The standard InChI is InChI=1S/C34H47F3N4O6SSi/c1-21(47-22(2)34(35,36)37)29(39-48(44)33(3,4)5)30-38-26-15-14-23(18-27(26)40(30)20-46-16-17-49(7,8)9)28(19-45-6)41-31(42)24-12-10-11-13-25(24)32(41)43/h10-15,18,21-22,28-29,39H,16-17,19-20H2,1-9H3/t21-,22+,28-,29+,48?/m1/s1. The van der Waals surface area contributed by atoms with E-state index in [1.165, 1.54) is 18.9 Å². The highest BCUT2D eigenvalue weighted by atomic mass is 32.2. The van der Waals surface area contributed by atoms with Gasteiger partial charge in [-0.25, -0.2) is 13.9 Å². The van der Waals surface area contributed by atoms with Crippen molar-refractivity contribution in [3.63, 3.8) is 0 Å². The number of benzene rings is 2. The van der Waals surface area contributed by atoms with E-state index < -0.39 is 66.1 Å². The molecule has 1 aromatic heterocycles. The Balaban J connectivity index is 1.84. The molecular formula is C34H47F3N4O6SSi. The molecule has 0 bridgehead atoms. The third kappa shape index (κ3) is 9.05.